The first-order valence-electron chi connectivity index (χ1n) is 5.30. The summed E-state index contributed by atoms with van der Waals surface area (Å²) >= 11 is 0. The van der Waals surface area contributed by atoms with E-state index in [1.165, 1.54) is 0 Å². The highest BCUT2D eigenvalue weighted by Crippen LogP contribution is 2.36. The summed E-state index contributed by atoms with van der Waals surface area (Å²) in [5, 5.41) is 1.21. The molecule has 6 heteroatoms. The van der Waals surface area contributed by atoms with Gasteiger partial charge in [-0.2, -0.15) is 8.42 Å². The molecule has 0 saturated carbocycles. The lowest BCUT2D eigenvalue weighted by atomic mass is 10.1. The van der Waals surface area contributed by atoms with E-state index in [9.17, 15) is 12.3 Å². The van der Waals surface area contributed by atoms with E-state index >= 15 is 0 Å². The lowest BCUT2D eigenvalue weighted by Crippen LogP contribution is -2.04. The van der Waals surface area contributed by atoms with Crippen molar-refractivity contribution in [3.8, 4) is 11.5 Å². The SMILES string of the molecule is CCOc1ccc2ccccc2c1OS(=O)(=O)F. The van der Waals surface area contributed by atoms with Crippen molar-refractivity contribution < 1.29 is 21.2 Å². The van der Waals surface area contributed by atoms with Gasteiger partial charge in [-0.05, 0) is 18.4 Å². The summed E-state index contributed by atoms with van der Waals surface area (Å²) in [4.78, 5) is 0. The highest BCUT2D eigenvalue weighted by molar-refractivity contribution is 7.81. The molecule has 0 amide bonds. The molecule has 0 aromatic heterocycles. The predicted octanol–water partition coefficient (Wildman–Crippen LogP) is 2.83. The number of hydrogen-bond acceptors (Lipinski definition) is 4. The predicted molar refractivity (Wildman–Crippen MR) is 65.8 cm³/mol. The minimum Gasteiger partial charge on any atom is -0.490 e. The van der Waals surface area contributed by atoms with Crippen molar-refractivity contribution in [2.75, 3.05) is 6.61 Å². The van der Waals surface area contributed by atoms with Crippen LogP contribution in [0.2, 0.25) is 0 Å². The highest BCUT2D eigenvalue weighted by atomic mass is 32.3. The third-order valence-electron chi connectivity index (χ3n) is 2.33. The number of ether oxygens (including phenoxy) is 1. The molecular weight excluding hydrogens is 259 g/mol. The summed E-state index contributed by atoms with van der Waals surface area (Å²) in [5.74, 6) is 0.0647. The average Bonchev–Trinajstić information content (AvgIpc) is 2.31. The summed E-state index contributed by atoms with van der Waals surface area (Å²) < 4.78 is 43.6. The van der Waals surface area contributed by atoms with Crippen molar-refractivity contribution in [3.05, 3.63) is 36.4 Å². The standard InChI is InChI=1S/C12H11FO4S/c1-2-16-11-8-7-9-5-3-4-6-10(9)12(11)17-18(13,14)15/h3-8H,2H2,1H3. The summed E-state index contributed by atoms with van der Waals surface area (Å²) in [5.41, 5.74) is 0. The van der Waals surface area contributed by atoms with E-state index in [-0.39, 0.29) is 11.5 Å². The first kappa shape index (κ1) is 12.6. The molecule has 4 nitrogen and oxygen atoms in total. The Balaban J connectivity index is 2.66. The molecule has 0 heterocycles. The maximum absolute atomic E-state index is 12.7. The van der Waals surface area contributed by atoms with Crippen LogP contribution in [0.25, 0.3) is 10.8 Å². The van der Waals surface area contributed by atoms with Crippen molar-refractivity contribution >= 4 is 21.3 Å². The Hall–Kier alpha value is -1.82. The van der Waals surface area contributed by atoms with E-state index in [0.717, 1.165) is 5.39 Å². The van der Waals surface area contributed by atoms with E-state index < -0.39 is 10.5 Å². The Kier molecular flexibility index (Phi) is 3.38. The Morgan fingerprint density at radius 1 is 1.17 bits per heavy atom. The zero-order valence-electron chi connectivity index (χ0n) is 9.59. The fraction of sp³-hybridized carbons (Fsp3) is 0.167. The van der Waals surface area contributed by atoms with Gasteiger partial charge in [0, 0.05) is 5.39 Å². The minimum atomic E-state index is -5.09. The van der Waals surface area contributed by atoms with E-state index in [0.29, 0.717) is 12.0 Å². The molecule has 2 aromatic rings. The van der Waals surface area contributed by atoms with Gasteiger partial charge in [0.2, 0.25) is 0 Å². The van der Waals surface area contributed by atoms with Crippen molar-refractivity contribution in [1.82, 2.24) is 0 Å². The maximum Gasteiger partial charge on any atom is 0.488 e. The van der Waals surface area contributed by atoms with Gasteiger partial charge in [0.25, 0.3) is 0 Å². The average molecular weight is 270 g/mol. The van der Waals surface area contributed by atoms with Crippen LogP contribution in [0.5, 0.6) is 11.5 Å². The lowest BCUT2D eigenvalue weighted by molar-refractivity contribution is 0.326. The van der Waals surface area contributed by atoms with Crippen molar-refractivity contribution in [1.29, 1.82) is 0 Å². The quantitative estimate of drug-likeness (QED) is 0.802. The summed E-state index contributed by atoms with van der Waals surface area (Å²) in [6.07, 6.45) is 0. The van der Waals surface area contributed by atoms with Gasteiger partial charge in [-0.1, -0.05) is 34.2 Å². The molecule has 18 heavy (non-hydrogen) atoms. The molecule has 0 saturated heterocycles. The Bertz CT molecular complexity index is 667. The van der Waals surface area contributed by atoms with E-state index in [1.807, 2.05) is 0 Å². The number of fused-ring (bicyclic) bond motifs is 1. The van der Waals surface area contributed by atoms with Gasteiger partial charge in [-0.15, -0.1) is 0 Å². The van der Waals surface area contributed by atoms with Crippen molar-refractivity contribution in [3.63, 3.8) is 0 Å². The minimum absolute atomic E-state index is 0.127. The molecule has 0 N–H and O–H groups in total. The second-order valence-corrected chi connectivity index (χ2v) is 4.48. The van der Waals surface area contributed by atoms with E-state index in [2.05, 4.69) is 4.18 Å². The van der Waals surface area contributed by atoms with Crippen molar-refractivity contribution in [2.24, 2.45) is 0 Å². The van der Waals surface area contributed by atoms with Crippen LogP contribution in [0.4, 0.5) is 3.89 Å². The molecule has 0 unspecified atom stereocenters. The fourth-order valence-electron chi connectivity index (χ4n) is 1.68. The number of halogens is 1. The molecule has 2 rings (SSSR count). The number of hydrogen-bond donors (Lipinski definition) is 0. The molecule has 0 aliphatic heterocycles. The molecule has 0 bridgehead atoms. The van der Waals surface area contributed by atoms with Crippen LogP contribution in [-0.2, 0) is 10.5 Å². The van der Waals surface area contributed by atoms with Gasteiger partial charge in [-0.25, -0.2) is 0 Å². The summed E-state index contributed by atoms with van der Waals surface area (Å²) in [6, 6.07) is 10.2. The molecule has 0 aliphatic rings. The fourth-order valence-corrected chi connectivity index (χ4v) is 2.05. The molecule has 0 radical (unpaired) electrons. The van der Waals surface area contributed by atoms with Crippen LogP contribution in [0.3, 0.4) is 0 Å². The van der Waals surface area contributed by atoms with Crippen LogP contribution < -0.4 is 8.92 Å². The number of rotatable bonds is 4. The zero-order valence-corrected chi connectivity index (χ0v) is 10.4. The maximum atomic E-state index is 12.7. The van der Waals surface area contributed by atoms with E-state index in [4.69, 9.17) is 4.74 Å². The van der Waals surface area contributed by atoms with Gasteiger partial charge >= 0.3 is 10.5 Å². The third kappa shape index (κ3) is 2.70. The van der Waals surface area contributed by atoms with Gasteiger partial charge < -0.3 is 8.92 Å². The number of benzene rings is 2. The Labute approximate surface area is 104 Å². The molecule has 2 aromatic carbocycles. The highest BCUT2D eigenvalue weighted by Gasteiger charge is 2.17. The van der Waals surface area contributed by atoms with Crippen LogP contribution >= 0.6 is 0 Å². The van der Waals surface area contributed by atoms with E-state index in [1.54, 1.807) is 43.3 Å². The van der Waals surface area contributed by atoms with Crippen molar-refractivity contribution in [2.45, 2.75) is 6.92 Å². The zero-order chi connectivity index (χ0) is 13.2. The lowest BCUT2D eigenvalue weighted by Gasteiger charge is -2.11. The molecule has 96 valence electrons. The molecule has 0 spiro atoms. The Morgan fingerprint density at radius 3 is 2.56 bits per heavy atom. The van der Waals surface area contributed by atoms with Crippen LogP contribution in [-0.4, -0.2) is 15.0 Å². The third-order valence-corrected chi connectivity index (χ3v) is 2.69. The molecular formula is C12H11FO4S. The van der Waals surface area contributed by atoms with Gasteiger partial charge in [0.1, 0.15) is 0 Å². The smallest absolute Gasteiger partial charge is 0.488 e. The van der Waals surface area contributed by atoms with Crippen LogP contribution in [0, 0.1) is 0 Å². The second kappa shape index (κ2) is 4.81. The van der Waals surface area contributed by atoms with Gasteiger partial charge in [-0.3, -0.25) is 0 Å². The normalized spacial score (nSPS) is 11.4. The summed E-state index contributed by atoms with van der Waals surface area (Å²) in [7, 11) is -5.09. The molecule has 0 fully saturated rings. The first-order valence-corrected chi connectivity index (χ1v) is 6.60. The topological polar surface area (TPSA) is 52.6 Å². The monoisotopic (exact) mass is 270 g/mol. The first-order chi connectivity index (χ1) is 8.51. The second-order valence-electron chi connectivity index (χ2n) is 3.52. The van der Waals surface area contributed by atoms with Gasteiger partial charge in [0.05, 0.1) is 6.61 Å². The molecule has 0 atom stereocenters. The van der Waals surface area contributed by atoms with Crippen LogP contribution in [0.15, 0.2) is 36.4 Å². The molecule has 0 aliphatic carbocycles. The Morgan fingerprint density at radius 2 is 1.89 bits per heavy atom. The summed E-state index contributed by atoms with van der Waals surface area (Å²) in [6.45, 7) is 2.06. The largest absolute Gasteiger partial charge is 0.490 e. The van der Waals surface area contributed by atoms with Crippen LogP contribution in [0.1, 0.15) is 6.92 Å². The van der Waals surface area contributed by atoms with Gasteiger partial charge in [0.15, 0.2) is 11.5 Å².